The van der Waals surface area contributed by atoms with E-state index < -0.39 is 0 Å². The number of hydrogen-bond acceptors (Lipinski definition) is 6. The van der Waals surface area contributed by atoms with Crippen molar-refractivity contribution in [2.75, 3.05) is 44.2 Å². The summed E-state index contributed by atoms with van der Waals surface area (Å²) in [5.74, 6) is 1.95. The zero-order valence-corrected chi connectivity index (χ0v) is 20.1. The lowest BCUT2D eigenvalue weighted by Crippen LogP contribution is -2.48. The molecular formula is C26H38N4OS. The van der Waals surface area contributed by atoms with Gasteiger partial charge in [-0.2, -0.15) is 0 Å². The van der Waals surface area contributed by atoms with Crippen LogP contribution in [0, 0.1) is 11.8 Å². The summed E-state index contributed by atoms with van der Waals surface area (Å²) in [4.78, 5) is 5.23. The van der Waals surface area contributed by atoms with E-state index in [0.29, 0.717) is 18.4 Å². The van der Waals surface area contributed by atoms with E-state index in [9.17, 15) is 5.11 Å². The molecule has 0 atom stereocenters. The van der Waals surface area contributed by atoms with Crippen molar-refractivity contribution < 1.29 is 5.11 Å². The summed E-state index contributed by atoms with van der Waals surface area (Å²) in [6.07, 6.45) is 11.7. The molecule has 3 aliphatic rings. The van der Waals surface area contributed by atoms with Crippen LogP contribution >= 0.6 is 11.3 Å². The molecule has 0 amide bonds. The van der Waals surface area contributed by atoms with Crippen LogP contribution in [0.3, 0.4) is 0 Å². The third-order valence-corrected chi connectivity index (χ3v) is 9.12. The van der Waals surface area contributed by atoms with E-state index >= 15 is 0 Å². The van der Waals surface area contributed by atoms with Gasteiger partial charge in [0.05, 0.1) is 0 Å². The van der Waals surface area contributed by atoms with Crippen LogP contribution in [-0.2, 0) is 0 Å². The van der Waals surface area contributed by atoms with Crippen molar-refractivity contribution >= 4 is 17.0 Å². The highest BCUT2D eigenvalue weighted by molar-refractivity contribution is 7.14. The third-order valence-electron chi connectivity index (χ3n) is 7.99. The molecule has 0 spiro atoms. The molecule has 2 aromatic rings. The van der Waals surface area contributed by atoms with E-state index in [-0.39, 0.29) is 0 Å². The van der Waals surface area contributed by atoms with Gasteiger partial charge < -0.3 is 10.0 Å². The SMILES string of the molecule is OCC1CCC(c2nnc(-c3ccc(N4CCN(CC5CCCCC5)CC4)cc3)s2)CC1. The minimum atomic E-state index is 0.329. The average molecular weight is 455 g/mol. The number of nitrogens with zero attached hydrogens (tertiary/aromatic N) is 4. The Bertz CT molecular complexity index is 832. The number of anilines is 1. The van der Waals surface area contributed by atoms with Crippen LogP contribution in [0.5, 0.6) is 0 Å². The van der Waals surface area contributed by atoms with E-state index in [4.69, 9.17) is 0 Å². The van der Waals surface area contributed by atoms with Gasteiger partial charge in [-0.25, -0.2) is 0 Å². The summed E-state index contributed by atoms with van der Waals surface area (Å²) in [5, 5.41) is 20.6. The lowest BCUT2D eigenvalue weighted by atomic mass is 9.83. The Morgan fingerprint density at radius 1 is 0.812 bits per heavy atom. The molecule has 6 heteroatoms. The largest absolute Gasteiger partial charge is 0.396 e. The van der Waals surface area contributed by atoms with E-state index in [0.717, 1.165) is 49.7 Å². The molecule has 1 aromatic heterocycles. The fourth-order valence-corrected chi connectivity index (χ4v) is 6.86. The Balaban J connectivity index is 1.14. The van der Waals surface area contributed by atoms with E-state index in [1.807, 2.05) is 0 Å². The number of benzene rings is 1. The molecule has 2 saturated carbocycles. The smallest absolute Gasteiger partial charge is 0.147 e. The Morgan fingerprint density at radius 3 is 2.22 bits per heavy atom. The average Bonchev–Trinajstić information content (AvgIpc) is 3.36. The first-order chi connectivity index (χ1) is 15.8. The predicted molar refractivity (Wildman–Crippen MR) is 132 cm³/mol. The number of piperazine rings is 1. The maximum absolute atomic E-state index is 9.37. The number of aromatic nitrogens is 2. The van der Waals surface area contributed by atoms with Crippen molar-refractivity contribution in [3.63, 3.8) is 0 Å². The molecule has 0 radical (unpaired) electrons. The zero-order chi connectivity index (χ0) is 21.8. The number of rotatable bonds is 6. The molecule has 5 rings (SSSR count). The minimum absolute atomic E-state index is 0.329. The Labute approximate surface area is 196 Å². The molecular weight excluding hydrogens is 416 g/mol. The molecule has 0 unspecified atom stereocenters. The van der Waals surface area contributed by atoms with Gasteiger partial charge in [0.2, 0.25) is 0 Å². The van der Waals surface area contributed by atoms with Gasteiger partial charge in [-0.1, -0.05) is 30.6 Å². The van der Waals surface area contributed by atoms with Gasteiger partial charge in [-0.15, -0.1) is 10.2 Å². The number of aliphatic hydroxyl groups is 1. The number of hydrogen-bond donors (Lipinski definition) is 1. The van der Waals surface area contributed by atoms with Gasteiger partial charge in [0.15, 0.2) is 0 Å². The molecule has 2 aliphatic carbocycles. The van der Waals surface area contributed by atoms with E-state index in [1.165, 1.54) is 68.0 Å². The van der Waals surface area contributed by atoms with Crippen molar-refractivity contribution in [1.82, 2.24) is 15.1 Å². The fraction of sp³-hybridized carbons (Fsp3) is 0.692. The Morgan fingerprint density at radius 2 is 1.53 bits per heavy atom. The summed E-state index contributed by atoms with van der Waals surface area (Å²) in [6.45, 7) is 6.29. The Kier molecular flexibility index (Phi) is 7.40. The maximum atomic E-state index is 9.37. The zero-order valence-electron chi connectivity index (χ0n) is 19.3. The highest BCUT2D eigenvalue weighted by atomic mass is 32.1. The summed E-state index contributed by atoms with van der Waals surface area (Å²) in [5.41, 5.74) is 2.51. The number of aliphatic hydroxyl groups excluding tert-OH is 1. The highest BCUT2D eigenvalue weighted by Crippen LogP contribution is 2.38. The molecule has 2 heterocycles. The van der Waals surface area contributed by atoms with Crippen molar-refractivity contribution in [1.29, 1.82) is 0 Å². The van der Waals surface area contributed by atoms with Crippen LogP contribution in [0.15, 0.2) is 24.3 Å². The second kappa shape index (κ2) is 10.6. The molecule has 32 heavy (non-hydrogen) atoms. The fourth-order valence-electron chi connectivity index (χ4n) is 5.85. The lowest BCUT2D eigenvalue weighted by Gasteiger charge is -2.38. The normalized spacial score (nSPS) is 25.8. The molecule has 174 valence electrons. The van der Waals surface area contributed by atoms with Gasteiger partial charge in [-0.05, 0) is 74.6 Å². The van der Waals surface area contributed by atoms with Crippen LogP contribution in [0.2, 0.25) is 0 Å². The standard InChI is InChI=1S/C26H38N4OS/c31-19-21-6-8-22(9-7-21)25-27-28-26(32-25)23-10-12-24(13-11-23)30-16-14-29(15-17-30)18-20-4-2-1-3-5-20/h10-13,20-22,31H,1-9,14-19H2. The molecule has 1 N–H and O–H groups in total. The van der Waals surface area contributed by atoms with Crippen LogP contribution in [-0.4, -0.2) is 59.5 Å². The first-order valence-corrected chi connectivity index (χ1v) is 13.6. The van der Waals surface area contributed by atoms with Crippen molar-refractivity contribution in [3.8, 4) is 10.6 Å². The molecule has 0 bridgehead atoms. The third kappa shape index (κ3) is 5.35. The van der Waals surface area contributed by atoms with Crippen molar-refractivity contribution in [3.05, 3.63) is 29.3 Å². The topological polar surface area (TPSA) is 52.5 Å². The minimum Gasteiger partial charge on any atom is -0.396 e. The molecule has 1 saturated heterocycles. The first-order valence-electron chi connectivity index (χ1n) is 12.8. The van der Waals surface area contributed by atoms with Crippen molar-refractivity contribution in [2.45, 2.75) is 63.7 Å². The molecule has 1 aliphatic heterocycles. The molecule has 3 fully saturated rings. The second-order valence-electron chi connectivity index (χ2n) is 10.2. The van der Waals surface area contributed by atoms with Crippen LogP contribution in [0.1, 0.15) is 68.7 Å². The van der Waals surface area contributed by atoms with Gasteiger partial charge in [-0.3, -0.25) is 4.90 Å². The van der Waals surface area contributed by atoms with E-state index in [1.54, 1.807) is 11.3 Å². The maximum Gasteiger partial charge on any atom is 0.147 e. The summed E-state index contributed by atoms with van der Waals surface area (Å²) >= 11 is 1.75. The van der Waals surface area contributed by atoms with Gasteiger partial charge in [0.1, 0.15) is 10.0 Å². The lowest BCUT2D eigenvalue weighted by molar-refractivity contribution is 0.182. The molecule has 5 nitrogen and oxygen atoms in total. The van der Waals surface area contributed by atoms with Crippen molar-refractivity contribution in [2.24, 2.45) is 11.8 Å². The highest BCUT2D eigenvalue weighted by Gasteiger charge is 2.25. The first kappa shape index (κ1) is 22.3. The van der Waals surface area contributed by atoms with Gasteiger partial charge in [0.25, 0.3) is 0 Å². The van der Waals surface area contributed by atoms with Gasteiger partial charge >= 0.3 is 0 Å². The monoisotopic (exact) mass is 454 g/mol. The molecule has 1 aromatic carbocycles. The quantitative estimate of drug-likeness (QED) is 0.652. The van der Waals surface area contributed by atoms with Crippen LogP contribution in [0.25, 0.3) is 10.6 Å². The summed E-state index contributed by atoms with van der Waals surface area (Å²) < 4.78 is 0. The van der Waals surface area contributed by atoms with Crippen LogP contribution < -0.4 is 4.90 Å². The predicted octanol–water partition coefficient (Wildman–Crippen LogP) is 5.17. The van der Waals surface area contributed by atoms with E-state index in [2.05, 4.69) is 44.3 Å². The van der Waals surface area contributed by atoms with Gasteiger partial charge in [0, 0.05) is 56.5 Å². The van der Waals surface area contributed by atoms with Crippen LogP contribution in [0.4, 0.5) is 5.69 Å². The summed E-state index contributed by atoms with van der Waals surface area (Å²) in [6, 6.07) is 8.96. The summed E-state index contributed by atoms with van der Waals surface area (Å²) in [7, 11) is 0. The second-order valence-corrected chi connectivity index (χ2v) is 11.2. The Hall–Kier alpha value is -1.50.